The van der Waals surface area contributed by atoms with Gasteiger partial charge in [-0.3, -0.25) is 0 Å². The molecule has 0 radical (unpaired) electrons. The fourth-order valence-corrected chi connectivity index (χ4v) is 3.48. The summed E-state index contributed by atoms with van der Waals surface area (Å²) >= 11 is 0. The Balaban J connectivity index is 2.54. The molecule has 2 rings (SSSR count). The molecule has 0 spiro atoms. The second kappa shape index (κ2) is 5.30. The van der Waals surface area contributed by atoms with Crippen LogP contribution in [0.4, 0.5) is 0 Å². The monoisotopic (exact) mass is 291 g/mol. The van der Waals surface area contributed by atoms with Crippen LogP contribution in [0.3, 0.4) is 0 Å². The number of sulfonamides is 1. The molecule has 20 heavy (non-hydrogen) atoms. The summed E-state index contributed by atoms with van der Waals surface area (Å²) in [7, 11) is -3.60. The van der Waals surface area contributed by atoms with Crippen LogP contribution in [-0.2, 0) is 10.0 Å². The third-order valence-corrected chi connectivity index (χ3v) is 4.30. The Morgan fingerprint density at radius 1 is 1.05 bits per heavy atom. The first kappa shape index (κ1) is 14.6. The molecule has 0 unspecified atom stereocenters. The van der Waals surface area contributed by atoms with E-state index >= 15 is 0 Å². The molecule has 2 aromatic rings. The molecule has 0 aliphatic heterocycles. The molecular weight excluding hydrogens is 274 g/mol. The lowest BCUT2D eigenvalue weighted by Crippen LogP contribution is -2.40. The minimum atomic E-state index is -3.60. The highest BCUT2D eigenvalue weighted by molar-refractivity contribution is 7.89. The summed E-state index contributed by atoms with van der Waals surface area (Å²) in [4.78, 5) is 8.09. The minimum absolute atomic E-state index is 0.227. The van der Waals surface area contributed by atoms with Crippen LogP contribution in [0.1, 0.15) is 20.8 Å². The predicted octanol–water partition coefficient (Wildman–Crippen LogP) is 2.22. The molecule has 0 saturated heterocycles. The molecule has 5 nitrogen and oxygen atoms in total. The van der Waals surface area contributed by atoms with Crippen molar-refractivity contribution in [3.05, 3.63) is 43.0 Å². The van der Waals surface area contributed by atoms with Gasteiger partial charge in [0.1, 0.15) is 6.33 Å². The third kappa shape index (κ3) is 3.40. The van der Waals surface area contributed by atoms with Gasteiger partial charge in [0.25, 0.3) is 0 Å². The van der Waals surface area contributed by atoms with E-state index in [0.29, 0.717) is 11.1 Å². The maximum atomic E-state index is 12.5. The van der Waals surface area contributed by atoms with Gasteiger partial charge in [-0.15, -0.1) is 0 Å². The quantitative estimate of drug-likeness (QED) is 0.941. The number of aromatic nitrogens is 2. The van der Waals surface area contributed by atoms with Crippen molar-refractivity contribution in [2.45, 2.75) is 31.2 Å². The van der Waals surface area contributed by atoms with Gasteiger partial charge in [0, 0.05) is 29.1 Å². The van der Waals surface area contributed by atoms with Crippen LogP contribution in [0, 0.1) is 0 Å². The lowest BCUT2D eigenvalue weighted by molar-refractivity contribution is 0.491. The van der Waals surface area contributed by atoms with E-state index in [2.05, 4.69) is 14.7 Å². The summed E-state index contributed by atoms with van der Waals surface area (Å²) in [5.74, 6) is 0. The summed E-state index contributed by atoms with van der Waals surface area (Å²) in [5.41, 5.74) is 0.714. The van der Waals surface area contributed by atoms with E-state index in [1.807, 2.05) is 0 Å². The summed E-state index contributed by atoms with van der Waals surface area (Å²) in [6.45, 7) is 5.41. The van der Waals surface area contributed by atoms with Gasteiger partial charge in [-0.1, -0.05) is 18.2 Å². The molecule has 106 valence electrons. The first-order valence-electron chi connectivity index (χ1n) is 6.18. The van der Waals surface area contributed by atoms with Crippen molar-refractivity contribution in [2.24, 2.45) is 0 Å². The first-order valence-corrected chi connectivity index (χ1v) is 7.66. The van der Waals surface area contributed by atoms with Crippen LogP contribution in [-0.4, -0.2) is 23.9 Å². The summed E-state index contributed by atoms with van der Waals surface area (Å²) in [6.07, 6.45) is 4.60. The van der Waals surface area contributed by atoms with Gasteiger partial charge in [-0.25, -0.2) is 23.1 Å². The van der Waals surface area contributed by atoms with Gasteiger partial charge in [-0.2, -0.15) is 0 Å². The molecule has 0 saturated carbocycles. The molecule has 1 N–H and O–H groups in total. The Hall–Kier alpha value is -1.79. The first-order chi connectivity index (χ1) is 9.30. The molecule has 6 heteroatoms. The van der Waals surface area contributed by atoms with Crippen molar-refractivity contribution in [2.75, 3.05) is 0 Å². The Morgan fingerprint density at radius 2 is 1.65 bits per heavy atom. The number of nitrogens with one attached hydrogen (secondary N) is 1. The number of hydrogen-bond acceptors (Lipinski definition) is 4. The fourth-order valence-electron chi connectivity index (χ4n) is 1.84. The van der Waals surface area contributed by atoms with E-state index in [9.17, 15) is 8.42 Å². The highest BCUT2D eigenvalue weighted by atomic mass is 32.2. The van der Waals surface area contributed by atoms with Crippen LogP contribution in [0.5, 0.6) is 0 Å². The van der Waals surface area contributed by atoms with Gasteiger partial charge in [0.05, 0.1) is 4.90 Å². The van der Waals surface area contributed by atoms with Crippen molar-refractivity contribution in [1.82, 2.24) is 14.7 Å². The number of nitrogens with zero attached hydrogens (tertiary/aromatic N) is 2. The summed E-state index contributed by atoms with van der Waals surface area (Å²) < 4.78 is 27.6. The van der Waals surface area contributed by atoms with Crippen molar-refractivity contribution >= 4 is 10.0 Å². The van der Waals surface area contributed by atoms with Gasteiger partial charge in [-0.05, 0) is 26.8 Å². The van der Waals surface area contributed by atoms with Crippen LogP contribution < -0.4 is 4.72 Å². The zero-order valence-electron chi connectivity index (χ0n) is 11.7. The molecule has 0 fully saturated rings. The van der Waals surface area contributed by atoms with Crippen molar-refractivity contribution < 1.29 is 8.42 Å². The van der Waals surface area contributed by atoms with E-state index in [0.717, 1.165) is 0 Å². The molecule has 1 aromatic carbocycles. The maximum absolute atomic E-state index is 12.5. The molecule has 0 aliphatic carbocycles. The number of hydrogen-bond donors (Lipinski definition) is 1. The lowest BCUT2D eigenvalue weighted by atomic mass is 10.1. The molecular formula is C14H17N3O2S. The molecule has 0 amide bonds. The summed E-state index contributed by atoms with van der Waals surface area (Å²) in [5, 5.41) is 0. The topological polar surface area (TPSA) is 72.0 Å². The maximum Gasteiger partial charge on any atom is 0.241 e. The Morgan fingerprint density at radius 3 is 2.25 bits per heavy atom. The standard InChI is InChI=1S/C14H17N3O2S/c1-14(2,3)17-20(18,19)13-7-5-4-6-12(13)11-8-15-10-16-9-11/h4-10,17H,1-3H3. The summed E-state index contributed by atoms with van der Waals surface area (Å²) in [6, 6.07) is 6.81. The smallest absolute Gasteiger partial charge is 0.241 e. The van der Waals surface area contributed by atoms with E-state index in [4.69, 9.17) is 0 Å². The van der Waals surface area contributed by atoms with Gasteiger partial charge in [0.15, 0.2) is 0 Å². The Bertz CT molecular complexity index is 692. The van der Waals surface area contributed by atoms with Crippen molar-refractivity contribution in [1.29, 1.82) is 0 Å². The largest absolute Gasteiger partial charge is 0.244 e. The van der Waals surface area contributed by atoms with Crippen LogP contribution >= 0.6 is 0 Å². The normalized spacial score (nSPS) is 12.3. The predicted molar refractivity (Wildman–Crippen MR) is 77.5 cm³/mol. The zero-order chi connectivity index (χ0) is 14.8. The Kier molecular flexibility index (Phi) is 3.87. The molecule has 1 heterocycles. The Labute approximate surface area is 119 Å². The lowest BCUT2D eigenvalue weighted by Gasteiger charge is -2.21. The van der Waals surface area contributed by atoms with Crippen LogP contribution in [0.15, 0.2) is 47.9 Å². The number of benzene rings is 1. The molecule has 0 bridgehead atoms. The average molecular weight is 291 g/mol. The van der Waals surface area contributed by atoms with Crippen LogP contribution in [0.2, 0.25) is 0 Å². The van der Waals surface area contributed by atoms with E-state index in [-0.39, 0.29) is 4.90 Å². The van der Waals surface area contributed by atoms with E-state index in [1.54, 1.807) is 57.4 Å². The number of rotatable bonds is 3. The highest BCUT2D eigenvalue weighted by Crippen LogP contribution is 2.26. The fraction of sp³-hybridized carbons (Fsp3) is 0.286. The van der Waals surface area contributed by atoms with E-state index in [1.165, 1.54) is 6.33 Å². The van der Waals surface area contributed by atoms with Gasteiger partial charge >= 0.3 is 0 Å². The second-order valence-corrected chi connectivity index (χ2v) is 7.13. The van der Waals surface area contributed by atoms with Gasteiger partial charge in [0.2, 0.25) is 10.0 Å². The second-order valence-electron chi connectivity index (χ2n) is 5.48. The SMILES string of the molecule is CC(C)(C)NS(=O)(=O)c1ccccc1-c1cncnc1. The van der Waals surface area contributed by atoms with Crippen molar-refractivity contribution in [3.8, 4) is 11.1 Å². The highest BCUT2D eigenvalue weighted by Gasteiger charge is 2.24. The minimum Gasteiger partial charge on any atom is -0.244 e. The van der Waals surface area contributed by atoms with Gasteiger partial charge < -0.3 is 0 Å². The zero-order valence-corrected chi connectivity index (χ0v) is 12.5. The van der Waals surface area contributed by atoms with E-state index < -0.39 is 15.6 Å². The molecule has 0 atom stereocenters. The van der Waals surface area contributed by atoms with Crippen LogP contribution in [0.25, 0.3) is 11.1 Å². The third-order valence-electron chi connectivity index (χ3n) is 2.49. The molecule has 0 aliphatic rings. The molecule has 1 aromatic heterocycles. The average Bonchev–Trinajstić information content (AvgIpc) is 2.37. The van der Waals surface area contributed by atoms with Crippen molar-refractivity contribution in [3.63, 3.8) is 0 Å².